The predicted octanol–water partition coefficient (Wildman–Crippen LogP) is 12.2. The SMILES string of the molecule is CN1C(c2ccccc2)=NC(c2cccc3c2oc2c(-c4cccc5c4sc4ccccc45)cccc23)NC1c1ccc2c(c1)oc1ccccc12. The molecule has 6 heteroatoms. The van der Waals surface area contributed by atoms with E-state index in [9.17, 15) is 0 Å². The lowest BCUT2D eigenvalue weighted by Crippen LogP contribution is -2.46. The second-order valence-electron chi connectivity index (χ2n) is 13.5. The van der Waals surface area contributed by atoms with E-state index in [-0.39, 0.29) is 12.3 Å². The number of benzene rings is 7. The minimum Gasteiger partial charge on any atom is -0.456 e. The molecule has 5 nitrogen and oxygen atoms in total. The summed E-state index contributed by atoms with van der Waals surface area (Å²) in [6.45, 7) is 0. The highest BCUT2D eigenvalue weighted by atomic mass is 32.1. The fraction of sp³-hybridized carbons (Fsp3) is 0.0652. The maximum Gasteiger partial charge on any atom is 0.143 e. The van der Waals surface area contributed by atoms with Crippen LogP contribution in [0.5, 0.6) is 0 Å². The zero-order chi connectivity index (χ0) is 34.3. The van der Waals surface area contributed by atoms with Crippen LogP contribution >= 0.6 is 11.3 Å². The molecule has 2 atom stereocenters. The molecule has 0 spiro atoms. The lowest BCUT2D eigenvalue weighted by molar-refractivity contribution is 0.257. The second-order valence-corrected chi connectivity index (χ2v) is 14.6. The Morgan fingerprint density at radius 1 is 0.577 bits per heavy atom. The summed E-state index contributed by atoms with van der Waals surface area (Å²) in [6, 6.07) is 53.4. The quantitative estimate of drug-likeness (QED) is 0.200. The van der Waals surface area contributed by atoms with Crippen molar-refractivity contribution in [3.63, 3.8) is 0 Å². The number of rotatable bonds is 4. The Bertz CT molecular complexity index is 3040. The fourth-order valence-corrected chi connectivity index (χ4v) is 9.35. The zero-order valence-electron chi connectivity index (χ0n) is 28.2. The van der Waals surface area contributed by atoms with E-state index in [1.807, 2.05) is 29.5 Å². The molecular weight excluding hydrogens is 659 g/mol. The van der Waals surface area contributed by atoms with Crippen LogP contribution in [0.25, 0.3) is 75.2 Å². The molecule has 0 fully saturated rings. The van der Waals surface area contributed by atoms with E-state index in [0.717, 1.165) is 72.0 Å². The Kier molecular flexibility index (Phi) is 6.47. The number of nitrogens with zero attached hydrogens (tertiary/aromatic N) is 2. The molecule has 248 valence electrons. The van der Waals surface area contributed by atoms with Gasteiger partial charge in [0.15, 0.2) is 0 Å². The van der Waals surface area contributed by atoms with Gasteiger partial charge in [-0.15, -0.1) is 11.3 Å². The first-order chi connectivity index (χ1) is 25.7. The summed E-state index contributed by atoms with van der Waals surface area (Å²) < 4.78 is 15.9. The number of aliphatic imine (C=N–C) groups is 1. The lowest BCUT2D eigenvalue weighted by atomic mass is 9.99. The van der Waals surface area contributed by atoms with Gasteiger partial charge in [-0.05, 0) is 23.8 Å². The maximum atomic E-state index is 7.01. The summed E-state index contributed by atoms with van der Waals surface area (Å²) >= 11 is 1.84. The molecule has 0 amide bonds. The van der Waals surface area contributed by atoms with Gasteiger partial charge in [0.1, 0.15) is 40.5 Å². The van der Waals surface area contributed by atoms with Gasteiger partial charge >= 0.3 is 0 Å². The summed E-state index contributed by atoms with van der Waals surface area (Å²) in [5, 5.41) is 10.9. The van der Waals surface area contributed by atoms with Crippen LogP contribution in [0.2, 0.25) is 0 Å². The Morgan fingerprint density at radius 3 is 2.15 bits per heavy atom. The van der Waals surface area contributed by atoms with Crippen LogP contribution in [-0.4, -0.2) is 17.8 Å². The summed E-state index contributed by atoms with van der Waals surface area (Å²) in [5.41, 5.74) is 8.93. The Labute approximate surface area is 303 Å². The summed E-state index contributed by atoms with van der Waals surface area (Å²) in [7, 11) is 2.10. The summed E-state index contributed by atoms with van der Waals surface area (Å²) in [4.78, 5) is 7.61. The van der Waals surface area contributed by atoms with Crippen LogP contribution < -0.4 is 5.32 Å². The van der Waals surface area contributed by atoms with Gasteiger partial charge in [-0.1, -0.05) is 133 Å². The average molecular weight is 690 g/mol. The van der Waals surface area contributed by atoms with Crippen LogP contribution in [0.3, 0.4) is 0 Å². The highest BCUT2D eigenvalue weighted by molar-refractivity contribution is 7.26. The number of hydrogen-bond acceptors (Lipinski definition) is 6. The Morgan fingerprint density at radius 2 is 1.27 bits per heavy atom. The van der Waals surface area contributed by atoms with Gasteiger partial charge in [0.25, 0.3) is 0 Å². The van der Waals surface area contributed by atoms with Crippen LogP contribution in [-0.2, 0) is 0 Å². The van der Waals surface area contributed by atoms with Gasteiger partial charge in [-0.3, -0.25) is 5.32 Å². The van der Waals surface area contributed by atoms with Crippen molar-refractivity contribution in [2.75, 3.05) is 7.05 Å². The summed E-state index contributed by atoms with van der Waals surface area (Å²) in [6.07, 6.45) is -0.558. The first-order valence-corrected chi connectivity index (χ1v) is 18.4. The van der Waals surface area contributed by atoms with Gasteiger partial charge in [-0.2, -0.15) is 0 Å². The first kappa shape index (κ1) is 29.5. The summed E-state index contributed by atoms with van der Waals surface area (Å²) in [5.74, 6) is 0.907. The van der Waals surface area contributed by atoms with Crippen molar-refractivity contribution < 1.29 is 8.83 Å². The zero-order valence-corrected chi connectivity index (χ0v) is 29.0. The molecular formula is C46H31N3O2S. The van der Waals surface area contributed by atoms with Crippen LogP contribution in [0.4, 0.5) is 0 Å². The molecule has 52 heavy (non-hydrogen) atoms. The molecule has 1 aliphatic rings. The van der Waals surface area contributed by atoms with Crippen molar-refractivity contribution >= 4 is 81.2 Å². The Hall–Kier alpha value is -6.21. The molecule has 1 N–H and O–H groups in total. The highest BCUT2D eigenvalue weighted by Crippen LogP contribution is 2.45. The largest absolute Gasteiger partial charge is 0.456 e. The number of para-hydroxylation sites is 3. The number of thiophene rings is 1. The number of nitrogens with one attached hydrogen (secondary N) is 1. The van der Waals surface area contributed by atoms with Crippen molar-refractivity contribution in [1.82, 2.24) is 10.2 Å². The molecule has 1 aliphatic heterocycles. The molecule has 10 aromatic rings. The van der Waals surface area contributed by atoms with E-state index in [0.29, 0.717) is 0 Å². The second kappa shape index (κ2) is 11.4. The van der Waals surface area contributed by atoms with E-state index in [1.54, 1.807) is 0 Å². The molecule has 0 bridgehead atoms. The molecule has 3 aromatic heterocycles. The lowest BCUT2D eigenvalue weighted by Gasteiger charge is -2.39. The monoisotopic (exact) mass is 689 g/mol. The molecule has 2 unspecified atom stereocenters. The van der Waals surface area contributed by atoms with E-state index in [1.165, 1.54) is 25.7 Å². The van der Waals surface area contributed by atoms with Crippen molar-refractivity contribution in [2.24, 2.45) is 4.99 Å². The molecule has 0 radical (unpaired) electrons. The van der Waals surface area contributed by atoms with Crippen LogP contribution in [0, 0.1) is 0 Å². The minimum absolute atomic E-state index is 0.184. The molecule has 11 rings (SSSR count). The minimum atomic E-state index is -0.374. The van der Waals surface area contributed by atoms with Crippen molar-refractivity contribution in [2.45, 2.75) is 12.3 Å². The van der Waals surface area contributed by atoms with Crippen LogP contribution in [0.1, 0.15) is 29.0 Å². The van der Waals surface area contributed by atoms with E-state index in [4.69, 9.17) is 13.8 Å². The number of amidine groups is 1. The normalized spacial score (nSPS) is 16.6. The van der Waals surface area contributed by atoms with Gasteiger partial charge < -0.3 is 13.7 Å². The molecule has 4 heterocycles. The van der Waals surface area contributed by atoms with E-state index >= 15 is 0 Å². The van der Waals surface area contributed by atoms with Crippen molar-refractivity contribution in [3.8, 4) is 11.1 Å². The van der Waals surface area contributed by atoms with Crippen molar-refractivity contribution in [3.05, 3.63) is 168 Å². The Balaban J connectivity index is 1.08. The molecule has 0 aliphatic carbocycles. The van der Waals surface area contributed by atoms with Gasteiger partial charge in [0.05, 0.1) is 0 Å². The third-order valence-electron chi connectivity index (χ3n) is 10.6. The smallest absolute Gasteiger partial charge is 0.143 e. The van der Waals surface area contributed by atoms with Gasteiger partial charge in [-0.25, -0.2) is 4.99 Å². The fourth-order valence-electron chi connectivity index (χ4n) is 8.12. The van der Waals surface area contributed by atoms with Crippen LogP contribution in [0.15, 0.2) is 165 Å². The van der Waals surface area contributed by atoms with Gasteiger partial charge in [0, 0.05) is 71.0 Å². The molecule has 0 saturated heterocycles. The maximum absolute atomic E-state index is 7.01. The van der Waals surface area contributed by atoms with E-state index < -0.39 is 0 Å². The number of hydrogen-bond donors (Lipinski definition) is 1. The third-order valence-corrected chi connectivity index (χ3v) is 11.8. The third kappa shape index (κ3) is 4.41. The predicted molar refractivity (Wildman–Crippen MR) is 215 cm³/mol. The topological polar surface area (TPSA) is 53.9 Å². The van der Waals surface area contributed by atoms with Crippen molar-refractivity contribution in [1.29, 1.82) is 0 Å². The highest BCUT2D eigenvalue weighted by Gasteiger charge is 2.32. The van der Waals surface area contributed by atoms with Gasteiger partial charge in [0.2, 0.25) is 0 Å². The number of furan rings is 2. The number of fused-ring (bicyclic) bond motifs is 9. The molecule has 0 saturated carbocycles. The molecule has 7 aromatic carbocycles. The average Bonchev–Trinajstić information content (AvgIpc) is 3.89. The first-order valence-electron chi connectivity index (χ1n) is 17.6. The van der Waals surface area contributed by atoms with E-state index in [2.05, 4.69) is 151 Å². The standard InChI is InChI=1S/C46H31N3O2S/c1-49-45(27-12-3-2-4-13-27)47-44(48-46(49)28-24-25-30-29-14-5-7-22-38(29)50-39(30)26-28)37-21-10-17-33-32-16-9-18-34(41(32)51-42(33)37)36-20-11-19-35-31-15-6-8-23-40(31)52-43(35)36/h2-26,44,46,48H,1H3.